The first-order chi connectivity index (χ1) is 13.6. The van der Waals surface area contributed by atoms with Crippen LogP contribution in [0.4, 0.5) is 0 Å². The normalized spacial score (nSPS) is 23.5. The number of fused-ring (bicyclic) bond motifs is 1. The lowest BCUT2D eigenvalue weighted by Crippen LogP contribution is -2.65. The molecule has 0 N–H and O–H groups in total. The molecule has 0 spiro atoms. The SMILES string of the molecule is C[C@@H](O[Si](C)(C)C(C)(C)C)[C@H]1C(=O)N2C(C(=O)OC(C)(C)C)=C(COC=O)SS[C@H]12. The molecule has 1 amide bonds. The van der Waals surface area contributed by atoms with E-state index >= 15 is 0 Å². The molecule has 2 aliphatic heterocycles. The van der Waals surface area contributed by atoms with Crippen molar-refractivity contribution in [3.05, 3.63) is 10.6 Å². The third kappa shape index (κ3) is 5.25. The fourth-order valence-electron chi connectivity index (χ4n) is 3.00. The molecule has 0 saturated carbocycles. The fraction of sp³-hybridized carbons (Fsp3) is 0.750. The van der Waals surface area contributed by atoms with Crippen molar-refractivity contribution >= 4 is 48.3 Å². The Bertz CT molecular complexity index is 741. The number of carbonyl (C=O) groups excluding carboxylic acids is 3. The Morgan fingerprint density at radius 2 is 1.83 bits per heavy atom. The van der Waals surface area contributed by atoms with E-state index in [2.05, 4.69) is 33.9 Å². The van der Waals surface area contributed by atoms with Crippen LogP contribution in [-0.2, 0) is 28.3 Å². The summed E-state index contributed by atoms with van der Waals surface area (Å²) >= 11 is 0. The lowest BCUT2D eigenvalue weighted by atomic mass is 9.92. The Hall–Kier alpha value is -0.973. The molecule has 0 radical (unpaired) electrons. The Labute approximate surface area is 188 Å². The largest absolute Gasteiger partial charge is 0.462 e. The van der Waals surface area contributed by atoms with Crippen molar-refractivity contribution in [2.75, 3.05) is 6.61 Å². The summed E-state index contributed by atoms with van der Waals surface area (Å²) in [7, 11) is 0.779. The highest BCUT2D eigenvalue weighted by Gasteiger charge is 2.57. The summed E-state index contributed by atoms with van der Waals surface area (Å²) in [5.41, 5.74) is -0.543. The molecule has 2 heterocycles. The quantitative estimate of drug-likeness (QED) is 0.177. The molecule has 2 aliphatic rings. The average molecular weight is 476 g/mol. The van der Waals surface area contributed by atoms with Crippen molar-refractivity contribution < 1.29 is 28.3 Å². The number of carbonyl (C=O) groups is 3. The molecule has 30 heavy (non-hydrogen) atoms. The molecule has 2 rings (SSSR count). The van der Waals surface area contributed by atoms with Crippen molar-refractivity contribution in [3.8, 4) is 0 Å². The van der Waals surface area contributed by atoms with Gasteiger partial charge < -0.3 is 13.9 Å². The fourth-order valence-corrected chi connectivity index (χ4v) is 7.41. The zero-order valence-electron chi connectivity index (χ0n) is 19.2. The van der Waals surface area contributed by atoms with E-state index in [1.807, 2.05) is 6.92 Å². The van der Waals surface area contributed by atoms with E-state index in [-0.39, 0.29) is 40.6 Å². The van der Waals surface area contributed by atoms with Crippen molar-refractivity contribution in [2.45, 2.75) is 83.7 Å². The van der Waals surface area contributed by atoms with Gasteiger partial charge in [-0.25, -0.2) is 4.79 Å². The third-order valence-corrected chi connectivity index (χ3v) is 12.9. The highest BCUT2D eigenvalue weighted by Crippen LogP contribution is 2.54. The van der Waals surface area contributed by atoms with Gasteiger partial charge in [-0.3, -0.25) is 14.5 Å². The molecule has 10 heteroatoms. The van der Waals surface area contributed by atoms with E-state index in [0.717, 1.165) is 0 Å². The molecule has 0 unspecified atom stereocenters. The molecule has 0 aromatic rings. The Kier molecular flexibility index (Phi) is 7.48. The van der Waals surface area contributed by atoms with E-state index < -0.39 is 19.9 Å². The second-order valence-electron chi connectivity index (χ2n) is 10.1. The number of hydrogen-bond acceptors (Lipinski definition) is 8. The molecule has 170 valence electrons. The van der Waals surface area contributed by atoms with Crippen LogP contribution in [0, 0.1) is 5.92 Å². The summed E-state index contributed by atoms with van der Waals surface area (Å²) in [4.78, 5) is 38.7. The first-order valence-corrected chi connectivity index (χ1v) is 15.1. The number of esters is 1. The van der Waals surface area contributed by atoms with E-state index in [1.165, 1.54) is 26.5 Å². The van der Waals surface area contributed by atoms with Gasteiger partial charge in [-0.2, -0.15) is 0 Å². The Morgan fingerprint density at radius 3 is 2.33 bits per heavy atom. The van der Waals surface area contributed by atoms with Crippen LogP contribution >= 0.6 is 21.6 Å². The molecule has 7 nitrogen and oxygen atoms in total. The molecule has 0 aliphatic carbocycles. The minimum Gasteiger partial charge on any atom is -0.462 e. The summed E-state index contributed by atoms with van der Waals surface area (Å²) in [5, 5.41) is -0.201. The standard InChI is InChI=1S/C20H33NO6S2Si/c1-12(27-30(8,9)20(5,6)7)14-16(23)21-15(18(24)26-19(2,3)4)13(10-25-11-22)28-29-17(14)21/h11-12,14,17H,10H2,1-9H3/t12-,14+,17-/m1/s1. The predicted molar refractivity (Wildman–Crippen MR) is 122 cm³/mol. The summed E-state index contributed by atoms with van der Waals surface area (Å²) in [6, 6.07) is 0. The third-order valence-electron chi connectivity index (χ3n) is 5.50. The number of hydrogen-bond donors (Lipinski definition) is 0. The van der Waals surface area contributed by atoms with E-state index in [9.17, 15) is 14.4 Å². The van der Waals surface area contributed by atoms with Crippen molar-refractivity contribution in [1.82, 2.24) is 4.90 Å². The van der Waals surface area contributed by atoms with Gasteiger partial charge >= 0.3 is 5.97 Å². The molecule has 0 aromatic carbocycles. The number of ether oxygens (including phenoxy) is 2. The Morgan fingerprint density at radius 1 is 1.23 bits per heavy atom. The summed E-state index contributed by atoms with van der Waals surface area (Å²) in [6.45, 7) is 18.3. The molecule has 0 aromatic heterocycles. The van der Waals surface area contributed by atoms with E-state index in [0.29, 0.717) is 11.4 Å². The average Bonchev–Trinajstić information content (AvgIpc) is 2.56. The second kappa shape index (κ2) is 8.88. The maximum absolute atomic E-state index is 13.2. The Balaban J connectivity index is 2.28. The zero-order chi connectivity index (χ0) is 23.1. The highest BCUT2D eigenvalue weighted by molar-refractivity contribution is 8.78. The van der Waals surface area contributed by atoms with Gasteiger partial charge in [-0.15, -0.1) is 0 Å². The molecular weight excluding hydrogens is 442 g/mol. The molecule has 1 saturated heterocycles. The van der Waals surface area contributed by atoms with Gasteiger partial charge in [-0.05, 0) is 45.8 Å². The number of β-lactam (4-membered cyclic amide) rings is 1. The summed E-state index contributed by atoms with van der Waals surface area (Å²) < 4.78 is 16.9. The van der Waals surface area contributed by atoms with Gasteiger partial charge in [0.05, 0.1) is 16.9 Å². The van der Waals surface area contributed by atoms with Crippen molar-refractivity contribution in [1.29, 1.82) is 0 Å². The zero-order valence-corrected chi connectivity index (χ0v) is 21.9. The smallest absolute Gasteiger partial charge is 0.356 e. The van der Waals surface area contributed by atoms with E-state index in [1.54, 1.807) is 20.8 Å². The van der Waals surface area contributed by atoms with Gasteiger partial charge in [0.1, 0.15) is 23.3 Å². The van der Waals surface area contributed by atoms with Crippen LogP contribution in [0.15, 0.2) is 10.6 Å². The van der Waals surface area contributed by atoms with Crippen molar-refractivity contribution in [2.24, 2.45) is 5.92 Å². The first kappa shape index (κ1) is 25.3. The molecule has 0 bridgehead atoms. The second-order valence-corrected chi connectivity index (χ2v) is 17.2. The van der Waals surface area contributed by atoms with Gasteiger partial charge in [-0.1, -0.05) is 42.4 Å². The number of nitrogens with zero attached hydrogens (tertiary/aromatic N) is 1. The molecule has 3 atom stereocenters. The molecular formula is C20H33NO6S2Si. The summed E-state index contributed by atoms with van der Waals surface area (Å²) in [5.74, 6) is -1.10. The number of amides is 1. The van der Waals surface area contributed by atoms with Crippen LogP contribution in [0.5, 0.6) is 0 Å². The maximum Gasteiger partial charge on any atom is 0.356 e. The van der Waals surface area contributed by atoms with E-state index in [4.69, 9.17) is 13.9 Å². The number of rotatable bonds is 7. The lowest BCUT2D eigenvalue weighted by Gasteiger charge is -2.52. The van der Waals surface area contributed by atoms with Crippen LogP contribution in [-0.4, -0.2) is 55.3 Å². The van der Waals surface area contributed by atoms with Gasteiger partial charge in [0.2, 0.25) is 5.91 Å². The van der Waals surface area contributed by atoms with Gasteiger partial charge in [0, 0.05) is 0 Å². The lowest BCUT2D eigenvalue weighted by molar-refractivity contribution is -0.163. The first-order valence-electron chi connectivity index (χ1n) is 9.96. The van der Waals surface area contributed by atoms with Crippen LogP contribution in [0.25, 0.3) is 0 Å². The monoisotopic (exact) mass is 475 g/mol. The van der Waals surface area contributed by atoms with Gasteiger partial charge in [0.15, 0.2) is 8.32 Å². The minimum absolute atomic E-state index is 0.0309. The van der Waals surface area contributed by atoms with Crippen LogP contribution < -0.4 is 0 Å². The van der Waals surface area contributed by atoms with Crippen LogP contribution in [0.1, 0.15) is 48.5 Å². The topological polar surface area (TPSA) is 82.1 Å². The highest BCUT2D eigenvalue weighted by atomic mass is 33.1. The maximum atomic E-state index is 13.2. The van der Waals surface area contributed by atoms with Crippen molar-refractivity contribution in [3.63, 3.8) is 0 Å². The minimum atomic E-state index is -2.05. The molecule has 1 fully saturated rings. The van der Waals surface area contributed by atoms with Gasteiger partial charge in [0.25, 0.3) is 6.47 Å². The predicted octanol–water partition coefficient (Wildman–Crippen LogP) is 4.30. The van der Waals surface area contributed by atoms with Crippen LogP contribution in [0.3, 0.4) is 0 Å². The summed E-state index contributed by atoms with van der Waals surface area (Å²) in [6.07, 6.45) is -0.264. The van der Waals surface area contributed by atoms with Crippen LogP contribution in [0.2, 0.25) is 18.1 Å².